The van der Waals surface area contributed by atoms with Gasteiger partial charge in [-0.15, -0.1) is 0 Å². The quantitative estimate of drug-likeness (QED) is 0.563. The Morgan fingerprint density at radius 2 is 1.62 bits per heavy atom. The molecule has 2 rings (SSSR count). The van der Waals surface area contributed by atoms with E-state index < -0.39 is 5.54 Å². The molecule has 0 N–H and O–H groups in total. The fourth-order valence-electron chi connectivity index (χ4n) is 3.09. The Balaban J connectivity index is 2.34. The summed E-state index contributed by atoms with van der Waals surface area (Å²) < 4.78 is 22.0. The van der Waals surface area contributed by atoms with E-state index in [1.54, 1.807) is 32.4 Å². The predicted molar refractivity (Wildman–Crippen MR) is 90.6 cm³/mol. The van der Waals surface area contributed by atoms with E-state index in [1.165, 1.54) is 0 Å². The number of carbonyl (C=O) groups is 1. The van der Waals surface area contributed by atoms with Crippen LogP contribution in [0.2, 0.25) is 0 Å². The fourth-order valence-corrected chi connectivity index (χ4v) is 3.09. The molecule has 6 heteroatoms. The van der Waals surface area contributed by atoms with E-state index in [1.807, 2.05) is 32.6 Å². The number of ether oxygens (including phenoxy) is 4. The van der Waals surface area contributed by atoms with Gasteiger partial charge in [-0.3, -0.25) is 4.79 Å². The number of carbonyl (C=O) groups excluding carboxylic acids is 1. The molecule has 0 aromatic heterocycles. The van der Waals surface area contributed by atoms with E-state index in [2.05, 4.69) is 0 Å². The van der Waals surface area contributed by atoms with Crippen LogP contribution in [0, 0.1) is 0 Å². The monoisotopic (exact) mass is 337 g/mol. The van der Waals surface area contributed by atoms with Crippen LogP contribution in [-0.4, -0.2) is 56.1 Å². The number of fused-ring (bicyclic) bond motifs is 1. The molecule has 2 unspecified atom stereocenters. The van der Waals surface area contributed by atoms with Gasteiger partial charge in [0.1, 0.15) is 25.7 Å². The van der Waals surface area contributed by atoms with Gasteiger partial charge in [-0.2, -0.15) is 0 Å². The van der Waals surface area contributed by atoms with Crippen LogP contribution in [0.1, 0.15) is 38.1 Å². The molecule has 0 fully saturated rings. The van der Waals surface area contributed by atoms with Crippen LogP contribution in [0.15, 0.2) is 18.2 Å². The van der Waals surface area contributed by atoms with Crippen LogP contribution < -0.4 is 9.47 Å². The zero-order chi connectivity index (χ0) is 17.9. The van der Waals surface area contributed by atoms with Crippen LogP contribution in [0.4, 0.5) is 0 Å². The third kappa shape index (κ3) is 3.55. The standard InChI is InChI=1S/C18H27NO5/c1-12(21-5)19(13(2)22-6)18(3,4)17(20)14-7-8-15-16(11-14)24-10-9-23-15/h7-8,11-13H,9-10H2,1-6H3. The Bertz CT molecular complexity index is 577. The van der Waals surface area contributed by atoms with E-state index in [4.69, 9.17) is 18.9 Å². The van der Waals surface area contributed by atoms with E-state index >= 15 is 0 Å². The normalized spacial score (nSPS) is 16.8. The van der Waals surface area contributed by atoms with Crippen LogP contribution in [0.3, 0.4) is 0 Å². The van der Waals surface area contributed by atoms with Gasteiger partial charge in [0.15, 0.2) is 17.3 Å². The van der Waals surface area contributed by atoms with Gasteiger partial charge < -0.3 is 18.9 Å². The lowest BCUT2D eigenvalue weighted by molar-refractivity contribution is -0.149. The molecule has 0 bridgehead atoms. The second kappa shape index (κ2) is 7.51. The zero-order valence-electron chi connectivity index (χ0n) is 15.3. The summed E-state index contributed by atoms with van der Waals surface area (Å²) >= 11 is 0. The highest BCUT2D eigenvalue weighted by Crippen LogP contribution is 2.33. The highest BCUT2D eigenvalue weighted by molar-refractivity contribution is 6.03. The Morgan fingerprint density at radius 3 is 2.17 bits per heavy atom. The Kier molecular flexibility index (Phi) is 5.85. The number of hydrogen-bond donors (Lipinski definition) is 0. The van der Waals surface area contributed by atoms with Crippen molar-refractivity contribution in [1.82, 2.24) is 4.90 Å². The molecule has 1 heterocycles. The molecule has 24 heavy (non-hydrogen) atoms. The molecular weight excluding hydrogens is 310 g/mol. The van der Waals surface area contributed by atoms with Crippen LogP contribution in [0.5, 0.6) is 11.5 Å². The minimum absolute atomic E-state index is 0.0349. The second-order valence-electron chi connectivity index (χ2n) is 6.32. The summed E-state index contributed by atoms with van der Waals surface area (Å²) in [6.45, 7) is 8.55. The van der Waals surface area contributed by atoms with Crippen molar-refractivity contribution >= 4 is 5.78 Å². The van der Waals surface area contributed by atoms with Crippen molar-refractivity contribution in [2.75, 3.05) is 27.4 Å². The minimum atomic E-state index is -0.825. The van der Waals surface area contributed by atoms with Crippen molar-refractivity contribution in [2.45, 2.75) is 45.7 Å². The highest BCUT2D eigenvalue weighted by Gasteiger charge is 2.41. The number of benzene rings is 1. The Morgan fingerprint density at radius 1 is 1.08 bits per heavy atom. The largest absolute Gasteiger partial charge is 0.486 e. The molecule has 1 aromatic rings. The SMILES string of the molecule is COC(C)N(C(C)OC)C(C)(C)C(=O)c1ccc2c(c1)OCCO2. The summed E-state index contributed by atoms with van der Waals surface area (Å²) in [5, 5.41) is 0. The van der Waals surface area contributed by atoms with Gasteiger partial charge in [0.25, 0.3) is 0 Å². The summed E-state index contributed by atoms with van der Waals surface area (Å²) in [7, 11) is 3.23. The molecule has 0 saturated heterocycles. The minimum Gasteiger partial charge on any atom is -0.486 e. The third-order valence-electron chi connectivity index (χ3n) is 4.47. The van der Waals surface area contributed by atoms with E-state index in [-0.39, 0.29) is 18.2 Å². The molecule has 2 atom stereocenters. The fraction of sp³-hybridized carbons (Fsp3) is 0.611. The van der Waals surface area contributed by atoms with Gasteiger partial charge in [0.05, 0.1) is 5.54 Å². The lowest BCUT2D eigenvalue weighted by Gasteiger charge is -2.43. The molecule has 1 aliphatic rings. The van der Waals surface area contributed by atoms with Crippen molar-refractivity contribution in [3.63, 3.8) is 0 Å². The maximum Gasteiger partial charge on any atom is 0.182 e. The molecular formula is C18H27NO5. The summed E-state index contributed by atoms with van der Waals surface area (Å²) in [6, 6.07) is 5.29. The second-order valence-corrected chi connectivity index (χ2v) is 6.32. The predicted octanol–water partition coefficient (Wildman–Crippen LogP) is 2.71. The zero-order valence-corrected chi connectivity index (χ0v) is 15.3. The van der Waals surface area contributed by atoms with Crippen LogP contribution in [0.25, 0.3) is 0 Å². The number of rotatable bonds is 7. The first-order valence-corrected chi connectivity index (χ1v) is 8.11. The van der Waals surface area contributed by atoms with Crippen LogP contribution in [-0.2, 0) is 9.47 Å². The average molecular weight is 337 g/mol. The van der Waals surface area contributed by atoms with Crippen molar-refractivity contribution in [1.29, 1.82) is 0 Å². The molecule has 0 amide bonds. The van der Waals surface area contributed by atoms with Crippen molar-refractivity contribution in [3.05, 3.63) is 23.8 Å². The summed E-state index contributed by atoms with van der Waals surface area (Å²) in [5.74, 6) is 1.24. The number of nitrogens with zero attached hydrogens (tertiary/aromatic N) is 1. The third-order valence-corrected chi connectivity index (χ3v) is 4.47. The molecule has 1 aromatic carbocycles. The van der Waals surface area contributed by atoms with Gasteiger partial charge in [-0.05, 0) is 45.9 Å². The van der Waals surface area contributed by atoms with Gasteiger partial charge in [0, 0.05) is 19.8 Å². The maximum absolute atomic E-state index is 13.2. The lowest BCUT2D eigenvalue weighted by atomic mass is 9.90. The molecule has 0 saturated carbocycles. The maximum atomic E-state index is 13.2. The first kappa shape index (κ1) is 18.7. The number of hydrogen-bond acceptors (Lipinski definition) is 6. The Hall–Kier alpha value is -1.63. The van der Waals surface area contributed by atoms with Crippen molar-refractivity contribution < 1.29 is 23.7 Å². The topological polar surface area (TPSA) is 57.2 Å². The summed E-state index contributed by atoms with van der Waals surface area (Å²) in [4.78, 5) is 15.1. The van der Waals surface area contributed by atoms with E-state index in [9.17, 15) is 4.79 Å². The van der Waals surface area contributed by atoms with Gasteiger partial charge in [-0.25, -0.2) is 4.90 Å². The first-order valence-electron chi connectivity index (χ1n) is 8.11. The summed E-state index contributed by atoms with van der Waals surface area (Å²) in [6.07, 6.45) is -0.563. The smallest absolute Gasteiger partial charge is 0.182 e. The molecule has 0 radical (unpaired) electrons. The van der Waals surface area contributed by atoms with Crippen molar-refractivity contribution in [2.24, 2.45) is 0 Å². The number of methoxy groups -OCH3 is 2. The molecule has 0 spiro atoms. The number of ketones is 1. The lowest BCUT2D eigenvalue weighted by Crippen LogP contribution is -2.58. The molecule has 134 valence electrons. The van der Waals surface area contributed by atoms with Crippen LogP contribution >= 0.6 is 0 Å². The molecule has 6 nitrogen and oxygen atoms in total. The summed E-state index contributed by atoms with van der Waals surface area (Å²) in [5.41, 5.74) is -0.255. The van der Waals surface area contributed by atoms with Gasteiger partial charge in [0.2, 0.25) is 0 Å². The first-order chi connectivity index (χ1) is 11.3. The Labute approximate surface area is 143 Å². The molecule has 0 aliphatic carbocycles. The molecule has 1 aliphatic heterocycles. The van der Waals surface area contributed by atoms with E-state index in [0.717, 1.165) is 0 Å². The van der Waals surface area contributed by atoms with Gasteiger partial charge in [-0.1, -0.05) is 0 Å². The van der Waals surface area contributed by atoms with E-state index in [0.29, 0.717) is 30.3 Å². The average Bonchev–Trinajstić information content (AvgIpc) is 2.60. The highest BCUT2D eigenvalue weighted by atomic mass is 16.6. The number of Topliss-reactive ketones (excluding diaryl/α,β-unsaturated/α-hetero) is 1. The van der Waals surface area contributed by atoms with Crippen molar-refractivity contribution in [3.8, 4) is 11.5 Å². The van der Waals surface area contributed by atoms with Gasteiger partial charge >= 0.3 is 0 Å².